The Morgan fingerprint density at radius 2 is 2.24 bits per heavy atom. The highest BCUT2D eigenvalue weighted by atomic mass is 32.2. The molecule has 0 bridgehead atoms. The van der Waals surface area contributed by atoms with Gasteiger partial charge in [0.2, 0.25) is 11.3 Å². The molecule has 1 aromatic carbocycles. The molecule has 0 unspecified atom stereocenters. The predicted molar refractivity (Wildman–Crippen MR) is 61.6 cm³/mol. The fraction of sp³-hybridized carbons (Fsp3) is 0.100. The highest BCUT2D eigenvalue weighted by Crippen LogP contribution is 2.37. The first-order chi connectivity index (χ1) is 8.06. The minimum atomic E-state index is -1.24. The summed E-state index contributed by atoms with van der Waals surface area (Å²) in [5.74, 6) is -1.50. The molecular weight excluding hydrogens is 246 g/mol. The molecule has 0 saturated carbocycles. The van der Waals surface area contributed by atoms with E-state index in [-0.39, 0.29) is 17.0 Å². The van der Waals surface area contributed by atoms with Crippen molar-refractivity contribution in [3.05, 3.63) is 34.1 Å². The molecule has 1 heterocycles. The van der Waals surface area contributed by atoms with Gasteiger partial charge in [0.25, 0.3) is 0 Å². The third-order valence-corrected chi connectivity index (χ3v) is 3.06. The van der Waals surface area contributed by atoms with Crippen molar-refractivity contribution < 1.29 is 19.2 Å². The lowest BCUT2D eigenvalue weighted by molar-refractivity contribution is -0.383. The lowest BCUT2D eigenvalue weighted by atomic mass is 10.2. The number of hydrogen-bond donors (Lipinski definition) is 1. The Morgan fingerprint density at radius 3 is 2.76 bits per heavy atom. The van der Waals surface area contributed by atoms with E-state index < -0.39 is 10.9 Å². The maximum atomic E-state index is 11.0. The van der Waals surface area contributed by atoms with Gasteiger partial charge in [-0.25, -0.2) is 4.79 Å². The molecule has 88 valence electrons. The predicted octanol–water partition coefficient (Wildman–Crippen LogP) is 2.76. The van der Waals surface area contributed by atoms with Crippen molar-refractivity contribution in [2.24, 2.45) is 0 Å². The number of fused-ring (bicyclic) bond motifs is 1. The lowest BCUT2D eigenvalue weighted by Crippen LogP contribution is -1.94. The number of rotatable bonds is 3. The van der Waals surface area contributed by atoms with Gasteiger partial charge in [0.1, 0.15) is 0 Å². The summed E-state index contributed by atoms with van der Waals surface area (Å²) in [6.07, 6.45) is 1.69. The fourth-order valence-corrected chi connectivity index (χ4v) is 2.26. The molecule has 0 amide bonds. The smallest absolute Gasteiger partial charge is 0.373 e. The van der Waals surface area contributed by atoms with E-state index in [1.807, 2.05) is 0 Å². The van der Waals surface area contributed by atoms with Crippen LogP contribution in [0, 0.1) is 10.1 Å². The summed E-state index contributed by atoms with van der Waals surface area (Å²) in [4.78, 5) is 21.5. The van der Waals surface area contributed by atoms with Crippen molar-refractivity contribution >= 4 is 34.4 Å². The van der Waals surface area contributed by atoms with Crippen LogP contribution in [0.25, 0.3) is 11.0 Å². The summed E-state index contributed by atoms with van der Waals surface area (Å²) in [7, 11) is 0. The van der Waals surface area contributed by atoms with Crippen molar-refractivity contribution in [1.82, 2.24) is 0 Å². The maximum absolute atomic E-state index is 11.0. The van der Waals surface area contributed by atoms with Gasteiger partial charge in [0.05, 0.1) is 9.82 Å². The second-order valence-corrected chi connectivity index (χ2v) is 4.00. The number of furan rings is 1. The first-order valence-electron chi connectivity index (χ1n) is 4.53. The summed E-state index contributed by atoms with van der Waals surface area (Å²) in [5.41, 5.74) is -0.232. The Labute approximate surface area is 99.4 Å². The first kappa shape index (κ1) is 11.5. The zero-order chi connectivity index (χ0) is 12.6. The summed E-state index contributed by atoms with van der Waals surface area (Å²) in [5, 5.41) is 20.2. The van der Waals surface area contributed by atoms with E-state index in [1.54, 1.807) is 12.3 Å². The van der Waals surface area contributed by atoms with Crippen LogP contribution in [-0.2, 0) is 0 Å². The van der Waals surface area contributed by atoms with E-state index in [0.29, 0.717) is 10.3 Å². The number of carboxylic acid groups (broad SMARTS) is 1. The summed E-state index contributed by atoms with van der Waals surface area (Å²) in [6.45, 7) is 0. The highest BCUT2D eigenvalue weighted by Gasteiger charge is 2.24. The lowest BCUT2D eigenvalue weighted by Gasteiger charge is -1.93. The van der Waals surface area contributed by atoms with Crippen molar-refractivity contribution in [1.29, 1.82) is 0 Å². The van der Waals surface area contributed by atoms with Crippen molar-refractivity contribution in [2.45, 2.75) is 4.90 Å². The zero-order valence-corrected chi connectivity index (χ0v) is 9.48. The van der Waals surface area contributed by atoms with E-state index in [9.17, 15) is 14.9 Å². The molecule has 2 aromatic rings. The van der Waals surface area contributed by atoms with Gasteiger partial charge < -0.3 is 9.52 Å². The van der Waals surface area contributed by atoms with Gasteiger partial charge in [-0.15, -0.1) is 11.8 Å². The number of nitro benzene ring substituents is 1. The molecule has 0 aliphatic carbocycles. The topological polar surface area (TPSA) is 93.6 Å². The van der Waals surface area contributed by atoms with E-state index in [2.05, 4.69) is 0 Å². The average Bonchev–Trinajstić information content (AvgIpc) is 2.66. The molecule has 6 nitrogen and oxygen atoms in total. The fourth-order valence-electron chi connectivity index (χ4n) is 1.57. The standard InChI is InChI=1S/C10H7NO5S/c1-17-9-5-3-2-4-6(11(14)15)7(5)16-8(9)10(12)13/h2-4H,1H3,(H,12,13). The van der Waals surface area contributed by atoms with Crippen LogP contribution in [0.3, 0.4) is 0 Å². The number of carboxylic acids is 1. The van der Waals surface area contributed by atoms with Crippen LogP contribution in [0.4, 0.5) is 5.69 Å². The molecule has 17 heavy (non-hydrogen) atoms. The third kappa shape index (κ3) is 1.74. The van der Waals surface area contributed by atoms with Gasteiger partial charge in [0, 0.05) is 11.5 Å². The van der Waals surface area contributed by atoms with E-state index in [1.165, 1.54) is 23.9 Å². The van der Waals surface area contributed by atoms with Crippen molar-refractivity contribution in [3.63, 3.8) is 0 Å². The number of benzene rings is 1. The minimum absolute atomic E-state index is 0.000694. The Kier molecular flexibility index (Phi) is 2.76. The van der Waals surface area contributed by atoms with E-state index >= 15 is 0 Å². The molecule has 0 fully saturated rings. The Bertz CT molecular complexity index is 618. The van der Waals surface area contributed by atoms with E-state index in [4.69, 9.17) is 9.52 Å². The molecule has 0 saturated heterocycles. The Balaban J connectivity index is 2.85. The average molecular weight is 253 g/mol. The van der Waals surface area contributed by atoms with Crippen LogP contribution < -0.4 is 0 Å². The zero-order valence-electron chi connectivity index (χ0n) is 8.67. The molecule has 1 aromatic heterocycles. The van der Waals surface area contributed by atoms with Gasteiger partial charge in [-0.05, 0) is 12.3 Å². The molecule has 0 atom stereocenters. The number of para-hydroxylation sites is 1. The van der Waals surface area contributed by atoms with Crippen LogP contribution in [0.5, 0.6) is 0 Å². The first-order valence-corrected chi connectivity index (χ1v) is 5.76. The second kappa shape index (κ2) is 4.10. The van der Waals surface area contributed by atoms with Crippen LogP contribution in [0.2, 0.25) is 0 Å². The molecule has 0 radical (unpaired) electrons. The largest absolute Gasteiger partial charge is 0.475 e. The summed E-state index contributed by atoms with van der Waals surface area (Å²) < 4.78 is 5.08. The van der Waals surface area contributed by atoms with Gasteiger partial charge >= 0.3 is 11.7 Å². The number of aromatic carboxylic acids is 1. The number of non-ortho nitro benzene ring substituents is 1. The molecule has 7 heteroatoms. The third-order valence-electron chi connectivity index (χ3n) is 2.24. The van der Waals surface area contributed by atoms with Crippen molar-refractivity contribution in [3.8, 4) is 0 Å². The second-order valence-electron chi connectivity index (χ2n) is 3.18. The number of hydrogen-bond acceptors (Lipinski definition) is 5. The van der Waals surface area contributed by atoms with Gasteiger partial charge in [0.15, 0.2) is 0 Å². The van der Waals surface area contributed by atoms with Gasteiger partial charge in [-0.1, -0.05) is 6.07 Å². The monoisotopic (exact) mass is 253 g/mol. The maximum Gasteiger partial charge on any atom is 0.373 e. The van der Waals surface area contributed by atoms with Gasteiger partial charge in [-0.2, -0.15) is 0 Å². The van der Waals surface area contributed by atoms with Crippen LogP contribution in [0.1, 0.15) is 10.6 Å². The van der Waals surface area contributed by atoms with Crippen LogP contribution in [0.15, 0.2) is 27.5 Å². The quantitative estimate of drug-likeness (QED) is 0.513. The normalized spacial score (nSPS) is 10.6. The Hall–Kier alpha value is -2.02. The summed E-state index contributed by atoms with van der Waals surface area (Å²) >= 11 is 1.18. The van der Waals surface area contributed by atoms with Crippen LogP contribution >= 0.6 is 11.8 Å². The minimum Gasteiger partial charge on any atom is -0.475 e. The number of nitro groups is 1. The SMILES string of the molecule is CSc1c(C(=O)O)oc2c([N+](=O)[O-])cccc12. The molecule has 1 N–H and O–H groups in total. The van der Waals surface area contributed by atoms with Crippen molar-refractivity contribution in [2.75, 3.05) is 6.26 Å². The number of nitrogens with zero attached hydrogens (tertiary/aromatic N) is 1. The molecular formula is C10H7NO5S. The molecule has 0 aliphatic heterocycles. The van der Waals surface area contributed by atoms with Gasteiger partial charge in [-0.3, -0.25) is 10.1 Å². The molecule has 0 spiro atoms. The van der Waals surface area contributed by atoms with E-state index in [0.717, 1.165) is 0 Å². The molecule has 0 aliphatic rings. The molecule has 2 rings (SSSR count). The highest BCUT2D eigenvalue weighted by molar-refractivity contribution is 7.98. The number of carbonyl (C=O) groups is 1. The summed E-state index contributed by atoms with van der Waals surface area (Å²) in [6, 6.07) is 4.38. The van der Waals surface area contributed by atoms with Crippen LogP contribution in [-0.4, -0.2) is 22.3 Å². The Morgan fingerprint density at radius 1 is 1.53 bits per heavy atom. The number of thioether (sulfide) groups is 1.